The van der Waals surface area contributed by atoms with Crippen molar-refractivity contribution in [2.75, 3.05) is 5.73 Å². The Morgan fingerprint density at radius 2 is 1.77 bits per heavy atom. The molecule has 3 aromatic rings. The molecule has 3 N–H and O–H groups in total. The molecule has 0 amide bonds. The monoisotopic (exact) mass is 453 g/mol. The first-order valence-electron chi connectivity index (χ1n) is 9.74. The SMILES string of the molecule is Cn1c(N)nc2c1c(=O)n(Cc1ccc(Cl)c(Cl)c1)c(=O)n2C.OC1CCCCC1. The molecule has 2 heterocycles. The fourth-order valence-electron chi connectivity index (χ4n) is 3.50. The number of aryl methyl sites for hydroxylation is 2. The number of nitrogen functional groups attached to an aromatic ring is 1. The molecule has 1 saturated carbocycles. The van der Waals surface area contributed by atoms with E-state index in [1.54, 1.807) is 32.3 Å². The van der Waals surface area contributed by atoms with E-state index in [1.165, 1.54) is 28.4 Å². The van der Waals surface area contributed by atoms with Gasteiger partial charge >= 0.3 is 5.69 Å². The van der Waals surface area contributed by atoms with Crippen LogP contribution in [0.15, 0.2) is 27.8 Å². The van der Waals surface area contributed by atoms with Gasteiger partial charge < -0.3 is 15.4 Å². The van der Waals surface area contributed by atoms with E-state index in [4.69, 9.17) is 34.0 Å². The summed E-state index contributed by atoms with van der Waals surface area (Å²) >= 11 is 11.9. The summed E-state index contributed by atoms with van der Waals surface area (Å²) in [7, 11) is 3.17. The van der Waals surface area contributed by atoms with Crippen molar-refractivity contribution in [1.82, 2.24) is 18.7 Å². The molecule has 4 rings (SSSR count). The van der Waals surface area contributed by atoms with Crippen molar-refractivity contribution in [3.8, 4) is 0 Å². The van der Waals surface area contributed by atoms with E-state index in [0.29, 0.717) is 15.6 Å². The highest BCUT2D eigenvalue weighted by Gasteiger charge is 2.17. The largest absolute Gasteiger partial charge is 0.393 e. The van der Waals surface area contributed by atoms with Gasteiger partial charge in [0, 0.05) is 14.1 Å². The molecule has 0 unspecified atom stereocenters. The molecule has 0 saturated heterocycles. The van der Waals surface area contributed by atoms with Crippen molar-refractivity contribution in [1.29, 1.82) is 0 Å². The van der Waals surface area contributed by atoms with Gasteiger partial charge in [0.25, 0.3) is 5.56 Å². The second-order valence-corrected chi connectivity index (χ2v) is 8.29. The van der Waals surface area contributed by atoms with Crippen LogP contribution in [-0.2, 0) is 20.6 Å². The van der Waals surface area contributed by atoms with Crippen LogP contribution in [0.2, 0.25) is 10.0 Å². The zero-order valence-electron chi connectivity index (χ0n) is 16.9. The third-order valence-electron chi connectivity index (χ3n) is 5.29. The molecule has 1 fully saturated rings. The lowest BCUT2D eigenvalue weighted by Gasteiger charge is -2.14. The number of nitrogens with zero attached hydrogens (tertiary/aromatic N) is 4. The Bertz CT molecular complexity index is 1180. The molecule has 30 heavy (non-hydrogen) atoms. The smallest absolute Gasteiger partial charge is 0.332 e. The number of imidazole rings is 1. The number of fused-ring (bicyclic) bond motifs is 1. The maximum atomic E-state index is 12.7. The lowest BCUT2D eigenvalue weighted by molar-refractivity contribution is 0.130. The Kier molecular flexibility index (Phi) is 6.90. The molecule has 2 aromatic heterocycles. The van der Waals surface area contributed by atoms with Crippen LogP contribution < -0.4 is 17.0 Å². The molecule has 0 bridgehead atoms. The van der Waals surface area contributed by atoms with E-state index in [0.717, 1.165) is 17.4 Å². The van der Waals surface area contributed by atoms with Crippen molar-refractivity contribution >= 4 is 40.3 Å². The van der Waals surface area contributed by atoms with Crippen molar-refractivity contribution in [2.45, 2.75) is 44.8 Å². The minimum absolute atomic E-state index is 0.0359. The van der Waals surface area contributed by atoms with Gasteiger partial charge in [-0.25, -0.2) is 4.79 Å². The highest BCUT2D eigenvalue weighted by atomic mass is 35.5. The molecule has 1 aromatic carbocycles. The zero-order valence-corrected chi connectivity index (χ0v) is 18.4. The van der Waals surface area contributed by atoms with Crippen LogP contribution in [-0.4, -0.2) is 29.9 Å². The fourth-order valence-corrected chi connectivity index (χ4v) is 3.82. The van der Waals surface area contributed by atoms with Crippen LogP contribution in [0.1, 0.15) is 37.7 Å². The van der Waals surface area contributed by atoms with Crippen LogP contribution >= 0.6 is 23.2 Å². The topological polar surface area (TPSA) is 108 Å². The van der Waals surface area contributed by atoms with Gasteiger partial charge in [-0.1, -0.05) is 48.5 Å². The predicted molar refractivity (Wildman–Crippen MR) is 119 cm³/mol. The second-order valence-electron chi connectivity index (χ2n) is 7.47. The lowest BCUT2D eigenvalue weighted by Crippen LogP contribution is -2.39. The van der Waals surface area contributed by atoms with Crippen molar-refractivity contribution in [3.05, 3.63) is 54.6 Å². The van der Waals surface area contributed by atoms with E-state index in [9.17, 15) is 9.59 Å². The average Bonchev–Trinajstić information content (AvgIpc) is 3.02. The number of aliphatic hydroxyl groups is 1. The van der Waals surface area contributed by atoms with Crippen molar-refractivity contribution < 1.29 is 5.11 Å². The first-order valence-corrected chi connectivity index (χ1v) is 10.5. The minimum atomic E-state index is -0.480. The maximum Gasteiger partial charge on any atom is 0.332 e. The van der Waals surface area contributed by atoms with Gasteiger partial charge in [-0.05, 0) is 30.5 Å². The van der Waals surface area contributed by atoms with Gasteiger partial charge in [0.2, 0.25) is 5.95 Å². The molecule has 162 valence electrons. The molecule has 10 heteroatoms. The normalized spacial score (nSPS) is 14.6. The number of hydrogen-bond donors (Lipinski definition) is 2. The standard InChI is InChI=1S/C14H13Cl2N5O2.C6H12O/c1-19-10-11(18-13(19)17)20(2)14(23)21(12(10)22)6-7-3-4-8(15)9(16)5-7;7-6-4-2-1-3-5-6/h3-5H,6H2,1-2H3,(H2,17,18);6-7H,1-5H2. The second kappa shape index (κ2) is 9.24. The Balaban J connectivity index is 0.000000310. The maximum absolute atomic E-state index is 12.7. The number of hydrogen-bond acceptors (Lipinski definition) is 5. The Hall–Kier alpha value is -2.29. The summed E-state index contributed by atoms with van der Waals surface area (Å²) in [6.07, 6.45) is 5.92. The molecule has 0 radical (unpaired) electrons. The van der Waals surface area contributed by atoms with Crippen LogP contribution in [0.4, 0.5) is 5.95 Å². The van der Waals surface area contributed by atoms with Gasteiger partial charge in [0.1, 0.15) is 0 Å². The highest BCUT2D eigenvalue weighted by molar-refractivity contribution is 6.42. The number of anilines is 1. The molecular formula is C20H25Cl2N5O3. The lowest BCUT2D eigenvalue weighted by atomic mass is 9.98. The van der Waals surface area contributed by atoms with Crippen LogP contribution in [0, 0.1) is 0 Å². The molecule has 8 nitrogen and oxygen atoms in total. The summed E-state index contributed by atoms with van der Waals surface area (Å²) in [5.41, 5.74) is 6.01. The highest BCUT2D eigenvalue weighted by Crippen LogP contribution is 2.22. The number of benzene rings is 1. The van der Waals surface area contributed by atoms with Crippen LogP contribution in [0.5, 0.6) is 0 Å². The Morgan fingerprint density at radius 1 is 1.10 bits per heavy atom. The number of aliphatic hydroxyl groups excluding tert-OH is 1. The molecule has 1 aliphatic rings. The average molecular weight is 454 g/mol. The first-order chi connectivity index (χ1) is 14.2. The summed E-state index contributed by atoms with van der Waals surface area (Å²) in [5, 5.41) is 9.68. The Labute approximate surface area is 183 Å². The van der Waals surface area contributed by atoms with Crippen molar-refractivity contribution in [2.24, 2.45) is 14.1 Å². The molecule has 0 spiro atoms. The quantitative estimate of drug-likeness (QED) is 0.619. The summed E-state index contributed by atoms with van der Waals surface area (Å²) in [6.45, 7) is 0.0728. The molecule has 0 aliphatic heterocycles. The first kappa shape index (κ1) is 22.4. The molecular weight excluding hydrogens is 429 g/mol. The van der Waals surface area contributed by atoms with Gasteiger partial charge in [-0.15, -0.1) is 0 Å². The predicted octanol–water partition coefficient (Wildman–Crippen LogP) is 2.68. The van der Waals surface area contributed by atoms with E-state index in [1.807, 2.05) is 0 Å². The van der Waals surface area contributed by atoms with Gasteiger partial charge in [0.05, 0.1) is 22.7 Å². The van der Waals surface area contributed by atoms with E-state index in [-0.39, 0.29) is 29.8 Å². The summed E-state index contributed by atoms with van der Waals surface area (Å²) in [4.78, 5) is 29.2. The fraction of sp³-hybridized carbons (Fsp3) is 0.450. The minimum Gasteiger partial charge on any atom is -0.393 e. The third kappa shape index (κ3) is 4.55. The Morgan fingerprint density at radius 3 is 2.33 bits per heavy atom. The van der Waals surface area contributed by atoms with E-state index in [2.05, 4.69) is 4.98 Å². The number of halogens is 2. The van der Waals surface area contributed by atoms with Crippen LogP contribution in [0.25, 0.3) is 11.2 Å². The van der Waals surface area contributed by atoms with E-state index >= 15 is 0 Å². The summed E-state index contributed by atoms with van der Waals surface area (Å²) in [5.74, 6) is 0.166. The summed E-state index contributed by atoms with van der Waals surface area (Å²) < 4.78 is 3.87. The number of nitrogens with two attached hydrogens (primary N) is 1. The molecule has 0 atom stereocenters. The molecule has 1 aliphatic carbocycles. The van der Waals surface area contributed by atoms with Gasteiger partial charge in [0.15, 0.2) is 11.2 Å². The van der Waals surface area contributed by atoms with Crippen molar-refractivity contribution in [3.63, 3.8) is 0 Å². The zero-order chi connectivity index (χ0) is 22.0. The van der Waals surface area contributed by atoms with Gasteiger partial charge in [-0.2, -0.15) is 4.98 Å². The van der Waals surface area contributed by atoms with Crippen LogP contribution in [0.3, 0.4) is 0 Å². The number of aromatic nitrogens is 4. The number of rotatable bonds is 2. The van der Waals surface area contributed by atoms with Gasteiger partial charge in [-0.3, -0.25) is 13.9 Å². The van der Waals surface area contributed by atoms with E-state index < -0.39 is 11.2 Å². The third-order valence-corrected chi connectivity index (χ3v) is 6.03. The summed E-state index contributed by atoms with van der Waals surface area (Å²) in [6, 6.07) is 4.95.